The maximum absolute atomic E-state index is 11.9. The minimum absolute atomic E-state index is 0.00567. The fourth-order valence-electron chi connectivity index (χ4n) is 2.12. The Hall–Kier alpha value is -2.84. The molecule has 0 aliphatic carbocycles. The number of anilines is 1. The highest BCUT2D eigenvalue weighted by atomic mass is 35.5. The van der Waals surface area contributed by atoms with E-state index in [-0.39, 0.29) is 11.7 Å². The molecule has 1 amide bonds. The van der Waals surface area contributed by atoms with Crippen molar-refractivity contribution in [3.8, 4) is 11.8 Å². The Balaban J connectivity index is 1.74. The minimum atomic E-state index is -0.156. The number of rotatable bonds is 7. The monoisotopic (exact) mass is 356 g/mol. The van der Waals surface area contributed by atoms with Gasteiger partial charge in [-0.05, 0) is 55.8 Å². The molecular weight excluding hydrogens is 340 g/mol. The lowest BCUT2D eigenvalue weighted by molar-refractivity contribution is -0.116. The summed E-state index contributed by atoms with van der Waals surface area (Å²) in [6.07, 6.45) is 0.841. The van der Waals surface area contributed by atoms with Crippen LogP contribution in [0, 0.1) is 11.3 Å². The van der Waals surface area contributed by atoms with Crippen LogP contribution in [-0.4, -0.2) is 18.3 Å². The van der Waals surface area contributed by atoms with Crippen LogP contribution in [0.5, 0.6) is 5.75 Å². The number of benzene rings is 2. The Morgan fingerprint density at radius 1 is 1.20 bits per heavy atom. The van der Waals surface area contributed by atoms with Crippen LogP contribution in [0.3, 0.4) is 0 Å². The van der Waals surface area contributed by atoms with Crippen molar-refractivity contribution in [3.63, 3.8) is 0 Å². The van der Waals surface area contributed by atoms with Crippen LogP contribution in [0.2, 0.25) is 5.02 Å². The predicted molar refractivity (Wildman–Crippen MR) is 96.0 cm³/mol. The minimum Gasteiger partial charge on any atom is -0.494 e. The Morgan fingerprint density at radius 2 is 1.92 bits per heavy atom. The third kappa shape index (κ3) is 5.63. The number of carbonyl (C=O) groups is 2. The molecule has 25 heavy (non-hydrogen) atoms. The SMILES string of the molecule is CC(=O)c1ccc(OCCCC(=O)Nc2ccc(C#N)c(Cl)c2)cc1. The quantitative estimate of drug-likeness (QED) is 0.595. The molecule has 0 aliphatic heterocycles. The summed E-state index contributed by atoms with van der Waals surface area (Å²) in [7, 11) is 0. The van der Waals surface area contributed by atoms with E-state index in [1.807, 2.05) is 6.07 Å². The van der Waals surface area contributed by atoms with E-state index >= 15 is 0 Å². The zero-order chi connectivity index (χ0) is 18.2. The summed E-state index contributed by atoms with van der Waals surface area (Å²) in [5.41, 5.74) is 1.55. The van der Waals surface area contributed by atoms with Crippen molar-refractivity contribution >= 4 is 29.0 Å². The summed E-state index contributed by atoms with van der Waals surface area (Å²) in [5, 5.41) is 11.8. The maximum atomic E-state index is 11.9. The highest BCUT2D eigenvalue weighted by molar-refractivity contribution is 6.32. The van der Waals surface area contributed by atoms with E-state index in [2.05, 4.69) is 5.32 Å². The number of ketones is 1. The number of nitriles is 1. The van der Waals surface area contributed by atoms with Gasteiger partial charge in [-0.25, -0.2) is 0 Å². The Morgan fingerprint density at radius 3 is 2.52 bits per heavy atom. The molecule has 0 bridgehead atoms. The van der Waals surface area contributed by atoms with Gasteiger partial charge in [0.1, 0.15) is 11.8 Å². The summed E-state index contributed by atoms with van der Waals surface area (Å²) in [6, 6.07) is 13.6. The zero-order valence-electron chi connectivity index (χ0n) is 13.7. The largest absolute Gasteiger partial charge is 0.494 e. The van der Waals surface area contributed by atoms with Crippen LogP contribution >= 0.6 is 11.6 Å². The average Bonchev–Trinajstić information content (AvgIpc) is 2.59. The Kier molecular flexibility index (Phi) is 6.55. The van der Waals surface area contributed by atoms with E-state index in [0.717, 1.165) is 0 Å². The molecule has 1 N–H and O–H groups in total. The summed E-state index contributed by atoms with van der Waals surface area (Å²) in [4.78, 5) is 23.1. The van der Waals surface area contributed by atoms with Gasteiger partial charge in [-0.1, -0.05) is 11.6 Å². The van der Waals surface area contributed by atoms with E-state index in [4.69, 9.17) is 21.6 Å². The lowest BCUT2D eigenvalue weighted by Crippen LogP contribution is -2.12. The zero-order valence-corrected chi connectivity index (χ0v) is 14.5. The number of halogens is 1. The van der Waals surface area contributed by atoms with Crippen molar-refractivity contribution in [1.82, 2.24) is 0 Å². The average molecular weight is 357 g/mol. The van der Waals surface area contributed by atoms with Crippen molar-refractivity contribution in [2.24, 2.45) is 0 Å². The number of hydrogen-bond acceptors (Lipinski definition) is 4. The van der Waals surface area contributed by atoms with E-state index in [0.29, 0.717) is 47.0 Å². The highest BCUT2D eigenvalue weighted by Gasteiger charge is 2.06. The van der Waals surface area contributed by atoms with Crippen LogP contribution in [0.25, 0.3) is 0 Å². The molecule has 0 atom stereocenters. The third-order valence-electron chi connectivity index (χ3n) is 3.45. The molecule has 0 aromatic heterocycles. The number of ether oxygens (including phenoxy) is 1. The van der Waals surface area contributed by atoms with Crippen molar-refractivity contribution in [3.05, 3.63) is 58.6 Å². The molecule has 0 saturated carbocycles. The van der Waals surface area contributed by atoms with Gasteiger partial charge >= 0.3 is 0 Å². The number of carbonyl (C=O) groups excluding carboxylic acids is 2. The molecule has 0 saturated heterocycles. The third-order valence-corrected chi connectivity index (χ3v) is 3.76. The van der Waals surface area contributed by atoms with Gasteiger partial charge in [-0.2, -0.15) is 5.26 Å². The first kappa shape index (κ1) is 18.5. The number of Topliss-reactive ketones (excluding diaryl/α,β-unsaturated/α-hetero) is 1. The molecule has 0 unspecified atom stereocenters. The fraction of sp³-hybridized carbons (Fsp3) is 0.211. The van der Waals surface area contributed by atoms with Gasteiger partial charge in [0.25, 0.3) is 0 Å². The molecule has 2 aromatic carbocycles. The molecule has 6 heteroatoms. The molecular formula is C19H17ClN2O3. The number of hydrogen-bond donors (Lipinski definition) is 1. The molecule has 5 nitrogen and oxygen atoms in total. The first-order chi connectivity index (χ1) is 12.0. The Labute approximate surface area is 151 Å². The van der Waals surface area contributed by atoms with E-state index in [9.17, 15) is 9.59 Å². The van der Waals surface area contributed by atoms with Crippen LogP contribution < -0.4 is 10.1 Å². The van der Waals surface area contributed by atoms with Crippen LogP contribution in [0.1, 0.15) is 35.7 Å². The lowest BCUT2D eigenvalue weighted by atomic mass is 10.1. The molecule has 2 aromatic rings. The highest BCUT2D eigenvalue weighted by Crippen LogP contribution is 2.20. The van der Waals surface area contributed by atoms with Crippen LogP contribution in [-0.2, 0) is 4.79 Å². The second kappa shape index (κ2) is 8.86. The smallest absolute Gasteiger partial charge is 0.224 e. The second-order valence-electron chi connectivity index (χ2n) is 5.39. The van der Waals surface area contributed by atoms with Crippen molar-refractivity contribution in [2.75, 3.05) is 11.9 Å². The molecule has 0 spiro atoms. The maximum Gasteiger partial charge on any atom is 0.224 e. The standard InChI is InChI=1S/C19H17ClN2O3/c1-13(23)14-5-8-17(9-6-14)25-10-2-3-19(24)22-16-7-4-15(12-21)18(20)11-16/h4-9,11H,2-3,10H2,1H3,(H,22,24). The summed E-state index contributed by atoms with van der Waals surface area (Å²) in [6.45, 7) is 1.90. The Bertz CT molecular complexity index is 810. The molecule has 2 rings (SSSR count). The number of nitrogens with zero attached hydrogens (tertiary/aromatic N) is 1. The van der Waals surface area contributed by atoms with Crippen LogP contribution in [0.15, 0.2) is 42.5 Å². The van der Waals surface area contributed by atoms with E-state index in [1.54, 1.807) is 42.5 Å². The molecule has 0 radical (unpaired) electrons. The van der Waals surface area contributed by atoms with Crippen molar-refractivity contribution in [2.45, 2.75) is 19.8 Å². The van der Waals surface area contributed by atoms with Gasteiger partial charge in [0.05, 0.1) is 17.2 Å². The van der Waals surface area contributed by atoms with Gasteiger partial charge in [-0.3, -0.25) is 9.59 Å². The lowest BCUT2D eigenvalue weighted by Gasteiger charge is -2.08. The van der Waals surface area contributed by atoms with E-state index in [1.165, 1.54) is 6.92 Å². The first-order valence-electron chi connectivity index (χ1n) is 7.73. The number of nitrogens with one attached hydrogen (secondary N) is 1. The molecule has 0 fully saturated rings. The topological polar surface area (TPSA) is 79.2 Å². The van der Waals surface area contributed by atoms with E-state index < -0.39 is 0 Å². The van der Waals surface area contributed by atoms with Crippen molar-refractivity contribution in [1.29, 1.82) is 5.26 Å². The van der Waals surface area contributed by atoms with Gasteiger partial charge < -0.3 is 10.1 Å². The summed E-state index contributed by atoms with van der Waals surface area (Å²) >= 11 is 5.92. The van der Waals surface area contributed by atoms with Gasteiger partial charge in [0.15, 0.2) is 5.78 Å². The fourth-order valence-corrected chi connectivity index (χ4v) is 2.34. The van der Waals surface area contributed by atoms with Gasteiger partial charge in [-0.15, -0.1) is 0 Å². The first-order valence-corrected chi connectivity index (χ1v) is 8.10. The van der Waals surface area contributed by atoms with Crippen LogP contribution in [0.4, 0.5) is 5.69 Å². The normalized spacial score (nSPS) is 9.96. The van der Waals surface area contributed by atoms with Gasteiger partial charge in [0, 0.05) is 17.7 Å². The summed E-state index contributed by atoms with van der Waals surface area (Å²) < 4.78 is 5.54. The summed E-state index contributed by atoms with van der Waals surface area (Å²) in [5.74, 6) is 0.506. The van der Waals surface area contributed by atoms with Crippen molar-refractivity contribution < 1.29 is 14.3 Å². The molecule has 128 valence electrons. The second-order valence-corrected chi connectivity index (χ2v) is 5.79. The predicted octanol–water partition coefficient (Wildman–Crippen LogP) is 4.21. The molecule has 0 aliphatic rings. The molecule has 0 heterocycles. The van der Waals surface area contributed by atoms with Gasteiger partial charge in [0.2, 0.25) is 5.91 Å². The number of amides is 1.